The van der Waals surface area contributed by atoms with Crippen molar-refractivity contribution in [1.29, 1.82) is 0 Å². The molecule has 0 aliphatic rings. The minimum atomic E-state index is -0.246. The van der Waals surface area contributed by atoms with E-state index in [0.29, 0.717) is 5.56 Å². The molecule has 2 aromatic carbocycles. The number of para-hydroxylation sites is 1. The molecule has 0 fully saturated rings. The first kappa shape index (κ1) is 13.1. The smallest absolute Gasteiger partial charge is 0.129 e. The number of hydrogen-bond donors (Lipinski definition) is 0. The fourth-order valence-corrected chi connectivity index (χ4v) is 2.24. The van der Waals surface area contributed by atoms with Crippen LogP contribution in [0.25, 0.3) is 0 Å². The van der Waals surface area contributed by atoms with Gasteiger partial charge in [0.25, 0.3) is 0 Å². The lowest BCUT2D eigenvalue weighted by Gasteiger charge is -2.12. The topological polar surface area (TPSA) is 9.23 Å². The van der Waals surface area contributed by atoms with Crippen molar-refractivity contribution in [1.82, 2.24) is 0 Å². The molecule has 0 aliphatic heterocycles. The molecule has 0 unspecified atom stereocenters. The van der Waals surface area contributed by atoms with Crippen LogP contribution in [0, 0.1) is 19.7 Å². The zero-order valence-electron chi connectivity index (χ0n) is 10.3. The minimum absolute atomic E-state index is 0.233. The molecule has 3 heteroatoms. The van der Waals surface area contributed by atoms with Crippen LogP contribution in [0.2, 0.25) is 0 Å². The van der Waals surface area contributed by atoms with Gasteiger partial charge in [0.15, 0.2) is 0 Å². The number of benzene rings is 2. The molecule has 1 nitrogen and oxygen atoms in total. The Morgan fingerprint density at radius 1 is 1.11 bits per heavy atom. The highest BCUT2D eigenvalue weighted by Crippen LogP contribution is 2.24. The normalized spacial score (nSPS) is 10.4. The Balaban J connectivity index is 2.19. The van der Waals surface area contributed by atoms with Crippen LogP contribution in [-0.4, -0.2) is 0 Å². The zero-order valence-corrected chi connectivity index (χ0v) is 11.9. The Kier molecular flexibility index (Phi) is 4.02. The van der Waals surface area contributed by atoms with E-state index in [0.717, 1.165) is 21.3 Å². The first-order chi connectivity index (χ1) is 8.58. The van der Waals surface area contributed by atoms with Crippen LogP contribution in [0.5, 0.6) is 5.75 Å². The zero-order chi connectivity index (χ0) is 13.1. The minimum Gasteiger partial charge on any atom is -0.488 e. The SMILES string of the molecule is Cc1cccc(C)c1OCc1cc(Br)ccc1F. The number of aryl methyl sites for hydroxylation is 2. The summed E-state index contributed by atoms with van der Waals surface area (Å²) in [6.07, 6.45) is 0. The van der Waals surface area contributed by atoms with E-state index in [9.17, 15) is 4.39 Å². The molecule has 94 valence electrons. The van der Waals surface area contributed by atoms with Crippen molar-refractivity contribution in [2.45, 2.75) is 20.5 Å². The summed E-state index contributed by atoms with van der Waals surface area (Å²) in [6, 6.07) is 10.8. The standard InChI is InChI=1S/C15H14BrFO/c1-10-4-3-5-11(2)15(10)18-9-12-8-13(16)6-7-14(12)17/h3-8H,9H2,1-2H3. The summed E-state index contributed by atoms with van der Waals surface area (Å²) in [7, 11) is 0. The molecule has 0 atom stereocenters. The van der Waals surface area contributed by atoms with E-state index in [1.165, 1.54) is 6.07 Å². The quantitative estimate of drug-likeness (QED) is 0.792. The number of halogens is 2. The van der Waals surface area contributed by atoms with Crippen molar-refractivity contribution in [3.8, 4) is 5.75 Å². The summed E-state index contributed by atoms with van der Waals surface area (Å²) < 4.78 is 20.2. The lowest BCUT2D eigenvalue weighted by molar-refractivity contribution is 0.295. The van der Waals surface area contributed by atoms with Gasteiger partial charge in [0, 0.05) is 10.0 Å². The van der Waals surface area contributed by atoms with Gasteiger partial charge >= 0.3 is 0 Å². The maximum absolute atomic E-state index is 13.6. The highest BCUT2D eigenvalue weighted by molar-refractivity contribution is 9.10. The Hall–Kier alpha value is -1.35. The molecule has 0 spiro atoms. The third kappa shape index (κ3) is 2.91. The van der Waals surface area contributed by atoms with Crippen molar-refractivity contribution in [2.24, 2.45) is 0 Å². The van der Waals surface area contributed by atoms with Gasteiger partial charge in [0.2, 0.25) is 0 Å². The van der Waals surface area contributed by atoms with Crippen LogP contribution in [-0.2, 0) is 6.61 Å². The van der Waals surface area contributed by atoms with Crippen LogP contribution >= 0.6 is 15.9 Å². The lowest BCUT2D eigenvalue weighted by Crippen LogP contribution is -2.01. The van der Waals surface area contributed by atoms with Gasteiger partial charge in [-0.2, -0.15) is 0 Å². The fourth-order valence-electron chi connectivity index (χ4n) is 1.83. The number of ether oxygens (including phenoxy) is 1. The fraction of sp³-hybridized carbons (Fsp3) is 0.200. The van der Waals surface area contributed by atoms with E-state index in [1.54, 1.807) is 12.1 Å². The number of rotatable bonds is 3. The molecule has 18 heavy (non-hydrogen) atoms. The molecule has 2 rings (SSSR count). The predicted octanol–water partition coefficient (Wildman–Crippen LogP) is 4.78. The van der Waals surface area contributed by atoms with Gasteiger partial charge in [-0.1, -0.05) is 34.1 Å². The van der Waals surface area contributed by atoms with E-state index in [2.05, 4.69) is 15.9 Å². The maximum Gasteiger partial charge on any atom is 0.129 e. The second-order valence-electron chi connectivity index (χ2n) is 4.25. The van der Waals surface area contributed by atoms with Gasteiger partial charge in [-0.3, -0.25) is 0 Å². The Bertz CT molecular complexity index is 546. The largest absolute Gasteiger partial charge is 0.488 e. The van der Waals surface area contributed by atoms with E-state index < -0.39 is 0 Å². The molecule has 0 saturated heterocycles. The summed E-state index contributed by atoms with van der Waals surface area (Å²) in [6.45, 7) is 4.20. The van der Waals surface area contributed by atoms with Crippen molar-refractivity contribution < 1.29 is 9.13 Å². The Morgan fingerprint density at radius 2 is 1.78 bits per heavy atom. The molecule has 0 amide bonds. The first-order valence-corrected chi connectivity index (χ1v) is 6.50. The van der Waals surface area contributed by atoms with Gasteiger partial charge in [0.05, 0.1) is 0 Å². The lowest BCUT2D eigenvalue weighted by atomic mass is 10.1. The molecule has 0 bridgehead atoms. The molecule has 0 aliphatic carbocycles. The summed E-state index contributed by atoms with van der Waals surface area (Å²) in [5.41, 5.74) is 2.67. The molecule has 0 aromatic heterocycles. The van der Waals surface area contributed by atoms with Crippen LogP contribution in [0.15, 0.2) is 40.9 Å². The van der Waals surface area contributed by atoms with E-state index in [1.807, 2.05) is 32.0 Å². The van der Waals surface area contributed by atoms with Crippen LogP contribution in [0.4, 0.5) is 4.39 Å². The maximum atomic E-state index is 13.6. The highest BCUT2D eigenvalue weighted by Gasteiger charge is 2.07. The summed E-state index contributed by atoms with van der Waals surface area (Å²) >= 11 is 3.33. The summed E-state index contributed by atoms with van der Waals surface area (Å²) in [4.78, 5) is 0. The highest BCUT2D eigenvalue weighted by atomic mass is 79.9. The molecule has 0 radical (unpaired) electrons. The van der Waals surface area contributed by atoms with Gasteiger partial charge in [-0.05, 0) is 43.2 Å². The van der Waals surface area contributed by atoms with Crippen molar-refractivity contribution >= 4 is 15.9 Å². The second-order valence-corrected chi connectivity index (χ2v) is 5.16. The van der Waals surface area contributed by atoms with Gasteiger partial charge in [-0.15, -0.1) is 0 Å². The average Bonchev–Trinajstić information content (AvgIpc) is 2.33. The predicted molar refractivity (Wildman–Crippen MR) is 74.3 cm³/mol. The molecular weight excluding hydrogens is 295 g/mol. The van der Waals surface area contributed by atoms with Crippen LogP contribution < -0.4 is 4.74 Å². The summed E-state index contributed by atoms with van der Waals surface area (Å²) in [5, 5.41) is 0. The van der Waals surface area contributed by atoms with E-state index in [4.69, 9.17) is 4.74 Å². The summed E-state index contributed by atoms with van der Waals surface area (Å²) in [5.74, 6) is 0.585. The third-order valence-electron chi connectivity index (χ3n) is 2.79. The molecule has 0 saturated carbocycles. The number of hydrogen-bond acceptors (Lipinski definition) is 1. The van der Waals surface area contributed by atoms with E-state index >= 15 is 0 Å². The van der Waals surface area contributed by atoms with Crippen LogP contribution in [0.1, 0.15) is 16.7 Å². The first-order valence-electron chi connectivity index (χ1n) is 5.71. The Morgan fingerprint density at radius 3 is 2.44 bits per heavy atom. The molecule has 0 heterocycles. The molecule has 2 aromatic rings. The van der Waals surface area contributed by atoms with Crippen molar-refractivity contribution in [3.05, 3.63) is 63.4 Å². The monoisotopic (exact) mass is 308 g/mol. The van der Waals surface area contributed by atoms with Crippen molar-refractivity contribution in [3.63, 3.8) is 0 Å². The Labute approximate surface area is 115 Å². The third-order valence-corrected chi connectivity index (χ3v) is 3.28. The van der Waals surface area contributed by atoms with Crippen LogP contribution in [0.3, 0.4) is 0 Å². The van der Waals surface area contributed by atoms with E-state index in [-0.39, 0.29) is 12.4 Å². The molecular formula is C15H14BrFO. The van der Waals surface area contributed by atoms with Gasteiger partial charge in [-0.25, -0.2) is 4.39 Å². The second kappa shape index (κ2) is 5.53. The molecule has 0 N–H and O–H groups in total. The average molecular weight is 309 g/mol. The van der Waals surface area contributed by atoms with Crippen molar-refractivity contribution in [2.75, 3.05) is 0 Å². The van der Waals surface area contributed by atoms with Gasteiger partial charge < -0.3 is 4.74 Å². The van der Waals surface area contributed by atoms with Gasteiger partial charge in [0.1, 0.15) is 18.2 Å².